The van der Waals surface area contributed by atoms with Crippen molar-refractivity contribution >= 4 is 17.4 Å². The molecule has 1 atom stereocenters. The lowest BCUT2D eigenvalue weighted by molar-refractivity contribution is -0.140. The van der Waals surface area contributed by atoms with Gasteiger partial charge in [0.1, 0.15) is 18.1 Å². The molecule has 2 aromatic rings. The Kier molecular flexibility index (Phi) is 8.93. The SMILES string of the molecule is C=CCOc1ccc(C(O)=C2C(=O)C(=O)N(CCCN3CCOCC3)[C@@H]2c2ccc(C(C)(C)C)cc2)c(C)c1. The van der Waals surface area contributed by atoms with Crippen LogP contribution < -0.4 is 4.74 Å². The van der Waals surface area contributed by atoms with Gasteiger partial charge in [0.15, 0.2) is 0 Å². The van der Waals surface area contributed by atoms with Gasteiger partial charge >= 0.3 is 0 Å². The first-order valence-electron chi connectivity index (χ1n) is 13.7. The maximum atomic E-state index is 13.5. The third-order valence-corrected chi connectivity index (χ3v) is 7.43. The summed E-state index contributed by atoms with van der Waals surface area (Å²) in [5.41, 5.74) is 3.29. The monoisotopic (exact) mass is 532 g/mol. The summed E-state index contributed by atoms with van der Waals surface area (Å²) in [6.45, 7) is 16.7. The number of likely N-dealkylation sites (tertiary alicyclic amines) is 1. The molecule has 4 rings (SSSR count). The fraction of sp³-hybridized carbons (Fsp3) is 0.438. The van der Waals surface area contributed by atoms with Gasteiger partial charge in [-0.1, -0.05) is 57.7 Å². The number of aliphatic hydroxyl groups excluding tert-OH is 1. The fourth-order valence-corrected chi connectivity index (χ4v) is 5.20. The van der Waals surface area contributed by atoms with Gasteiger partial charge in [0.2, 0.25) is 0 Å². The Morgan fingerprint density at radius 1 is 1.10 bits per heavy atom. The molecule has 0 aromatic heterocycles. The maximum Gasteiger partial charge on any atom is 0.295 e. The topological polar surface area (TPSA) is 79.3 Å². The molecular weight excluding hydrogens is 492 g/mol. The number of hydrogen-bond donors (Lipinski definition) is 1. The number of carbonyl (C=O) groups is 2. The Balaban J connectivity index is 1.70. The standard InChI is InChI=1S/C32H40N2O5/c1-6-18-39-25-12-13-26(22(2)21-25)29(35)27-28(23-8-10-24(11-9-23)32(3,4)5)34(31(37)30(27)36)15-7-14-33-16-19-38-20-17-33/h6,8-13,21,28,35H,1,7,14-20H2,2-5H3/t28-/m1/s1. The Hall–Kier alpha value is -3.42. The fourth-order valence-electron chi connectivity index (χ4n) is 5.20. The maximum absolute atomic E-state index is 13.5. The molecule has 0 bridgehead atoms. The van der Waals surface area contributed by atoms with Gasteiger partial charge in [-0.2, -0.15) is 0 Å². The van der Waals surface area contributed by atoms with Gasteiger partial charge < -0.3 is 19.5 Å². The second-order valence-electron chi connectivity index (χ2n) is 11.2. The zero-order valence-electron chi connectivity index (χ0n) is 23.5. The van der Waals surface area contributed by atoms with Crippen LogP contribution in [0.5, 0.6) is 5.75 Å². The molecule has 0 spiro atoms. The van der Waals surface area contributed by atoms with Gasteiger partial charge in [0.05, 0.1) is 24.8 Å². The van der Waals surface area contributed by atoms with Gasteiger partial charge in [-0.05, 0) is 53.6 Å². The van der Waals surface area contributed by atoms with Crippen LogP contribution in [0.15, 0.2) is 60.7 Å². The van der Waals surface area contributed by atoms with Crippen LogP contribution in [-0.4, -0.2) is 72.6 Å². The molecule has 208 valence electrons. The van der Waals surface area contributed by atoms with E-state index in [-0.39, 0.29) is 16.7 Å². The Morgan fingerprint density at radius 3 is 2.41 bits per heavy atom. The van der Waals surface area contributed by atoms with Crippen molar-refractivity contribution in [1.29, 1.82) is 0 Å². The molecule has 0 saturated carbocycles. The summed E-state index contributed by atoms with van der Waals surface area (Å²) in [7, 11) is 0. The number of carbonyl (C=O) groups excluding carboxylic acids is 2. The van der Waals surface area contributed by atoms with Crippen molar-refractivity contribution in [2.45, 2.75) is 45.6 Å². The summed E-state index contributed by atoms with van der Waals surface area (Å²) in [4.78, 5) is 30.8. The van der Waals surface area contributed by atoms with Gasteiger partial charge in [-0.3, -0.25) is 14.5 Å². The first-order valence-corrected chi connectivity index (χ1v) is 13.7. The number of rotatable bonds is 9. The highest BCUT2D eigenvalue weighted by molar-refractivity contribution is 6.46. The Labute approximate surface area is 231 Å². The molecular formula is C32H40N2O5. The smallest absolute Gasteiger partial charge is 0.295 e. The molecule has 1 N–H and O–H groups in total. The molecule has 7 nitrogen and oxygen atoms in total. The van der Waals surface area contributed by atoms with Crippen LogP contribution in [0, 0.1) is 6.92 Å². The highest BCUT2D eigenvalue weighted by Crippen LogP contribution is 2.40. The van der Waals surface area contributed by atoms with E-state index in [1.165, 1.54) is 0 Å². The molecule has 0 radical (unpaired) electrons. The van der Waals surface area contributed by atoms with Gasteiger partial charge in [-0.15, -0.1) is 0 Å². The molecule has 0 unspecified atom stereocenters. The minimum Gasteiger partial charge on any atom is -0.507 e. The van der Waals surface area contributed by atoms with E-state index in [9.17, 15) is 14.7 Å². The van der Waals surface area contributed by atoms with E-state index >= 15 is 0 Å². The third kappa shape index (κ3) is 6.43. The molecule has 7 heteroatoms. The minimum absolute atomic E-state index is 0.0367. The first kappa shape index (κ1) is 28.6. The van der Waals surface area contributed by atoms with E-state index in [0.717, 1.165) is 42.7 Å². The second-order valence-corrected chi connectivity index (χ2v) is 11.2. The van der Waals surface area contributed by atoms with Crippen LogP contribution in [0.25, 0.3) is 5.76 Å². The van der Waals surface area contributed by atoms with Crippen LogP contribution >= 0.6 is 0 Å². The molecule has 2 aromatic carbocycles. The van der Waals surface area contributed by atoms with E-state index < -0.39 is 17.7 Å². The quantitative estimate of drug-likeness (QED) is 0.212. The number of ketones is 1. The summed E-state index contributed by atoms with van der Waals surface area (Å²) >= 11 is 0. The van der Waals surface area contributed by atoms with Crippen LogP contribution in [0.1, 0.15) is 55.5 Å². The summed E-state index contributed by atoms with van der Waals surface area (Å²) < 4.78 is 11.1. The lowest BCUT2D eigenvalue weighted by Crippen LogP contribution is -2.39. The summed E-state index contributed by atoms with van der Waals surface area (Å²) in [6.07, 6.45) is 2.38. The van der Waals surface area contributed by atoms with Crippen molar-refractivity contribution in [1.82, 2.24) is 9.80 Å². The predicted molar refractivity (Wildman–Crippen MR) is 153 cm³/mol. The van der Waals surface area contributed by atoms with Crippen LogP contribution in [0.3, 0.4) is 0 Å². The predicted octanol–water partition coefficient (Wildman–Crippen LogP) is 5.00. The summed E-state index contributed by atoms with van der Waals surface area (Å²) in [5, 5.41) is 11.5. The Morgan fingerprint density at radius 2 is 1.79 bits per heavy atom. The lowest BCUT2D eigenvalue weighted by atomic mass is 9.85. The van der Waals surface area contributed by atoms with Crippen molar-refractivity contribution in [3.63, 3.8) is 0 Å². The van der Waals surface area contributed by atoms with Gasteiger partial charge in [-0.25, -0.2) is 0 Å². The van der Waals surface area contributed by atoms with Crippen LogP contribution in [0.2, 0.25) is 0 Å². The zero-order valence-corrected chi connectivity index (χ0v) is 23.5. The number of benzene rings is 2. The zero-order chi connectivity index (χ0) is 28.2. The van der Waals surface area contributed by atoms with Gasteiger partial charge in [0.25, 0.3) is 11.7 Å². The number of Topliss-reactive ketones (excluding diaryl/α,β-unsaturated/α-hetero) is 1. The number of nitrogens with zero attached hydrogens (tertiary/aromatic N) is 2. The van der Waals surface area contributed by atoms with Crippen molar-refractivity contribution < 1.29 is 24.2 Å². The molecule has 2 aliphatic heterocycles. The van der Waals surface area contributed by atoms with E-state index in [1.807, 2.05) is 37.3 Å². The van der Waals surface area contributed by atoms with E-state index in [1.54, 1.807) is 23.1 Å². The van der Waals surface area contributed by atoms with Gasteiger partial charge in [0, 0.05) is 31.7 Å². The number of aliphatic hydroxyl groups is 1. The molecule has 2 saturated heterocycles. The summed E-state index contributed by atoms with van der Waals surface area (Å²) in [5.74, 6) is -0.759. The normalized spacial score (nSPS) is 19.9. The third-order valence-electron chi connectivity index (χ3n) is 7.43. The second kappa shape index (κ2) is 12.2. The number of ether oxygens (including phenoxy) is 2. The highest BCUT2D eigenvalue weighted by atomic mass is 16.5. The minimum atomic E-state index is -0.667. The molecule has 39 heavy (non-hydrogen) atoms. The van der Waals surface area contributed by atoms with Crippen LogP contribution in [-0.2, 0) is 19.7 Å². The lowest BCUT2D eigenvalue weighted by Gasteiger charge is -2.29. The highest BCUT2D eigenvalue weighted by Gasteiger charge is 2.46. The number of aryl methyl sites for hydroxylation is 1. The summed E-state index contributed by atoms with van der Waals surface area (Å²) in [6, 6.07) is 12.6. The Bertz CT molecular complexity index is 1240. The van der Waals surface area contributed by atoms with E-state index in [0.29, 0.717) is 37.7 Å². The number of morpholine rings is 1. The largest absolute Gasteiger partial charge is 0.507 e. The molecule has 2 heterocycles. The van der Waals surface area contributed by atoms with E-state index in [4.69, 9.17) is 9.47 Å². The molecule has 2 aliphatic rings. The first-order chi connectivity index (χ1) is 18.6. The number of amides is 1. The molecule has 1 amide bonds. The molecule has 2 fully saturated rings. The average Bonchev–Trinajstić information content (AvgIpc) is 3.17. The van der Waals surface area contributed by atoms with E-state index in [2.05, 4.69) is 32.3 Å². The average molecular weight is 533 g/mol. The van der Waals surface area contributed by atoms with Crippen molar-refractivity contribution in [3.8, 4) is 5.75 Å². The van der Waals surface area contributed by atoms with Crippen molar-refractivity contribution in [2.75, 3.05) is 46.0 Å². The van der Waals surface area contributed by atoms with Crippen LogP contribution in [0.4, 0.5) is 0 Å². The van der Waals surface area contributed by atoms with Crippen molar-refractivity contribution in [2.24, 2.45) is 0 Å². The molecule has 0 aliphatic carbocycles. The van der Waals surface area contributed by atoms with Crippen molar-refractivity contribution in [3.05, 3.63) is 82.9 Å². The number of hydrogen-bond acceptors (Lipinski definition) is 6.